The molecule has 0 aliphatic carbocycles. The highest BCUT2D eigenvalue weighted by Gasteiger charge is 2.31. The second kappa shape index (κ2) is 6.72. The monoisotopic (exact) mass is 350 g/mol. The highest BCUT2D eigenvalue weighted by Crippen LogP contribution is 2.22. The third-order valence-corrected chi connectivity index (χ3v) is 5.91. The summed E-state index contributed by atoms with van der Waals surface area (Å²) in [5, 5.41) is 3.16. The lowest BCUT2D eigenvalue weighted by Gasteiger charge is -2.24. The van der Waals surface area contributed by atoms with Crippen LogP contribution < -0.4 is 10.2 Å². The van der Waals surface area contributed by atoms with Crippen molar-refractivity contribution in [3.8, 4) is 0 Å². The lowest BCUT2D eigenvalue weighted by molar-refractivity contribution is 0.600. The van der Waals surface area contributed by atoms with Gasteiger partial charge in [0, 0.05) is 25.7 Å². The zero-order valence-electron chi connectivity index (χ0n) is 13.3. The van der Waals surface area contributed by atoms with Gasteiger partial charge in [-0.05, 0) is 24.1 Å². The van der Waals surface area contributed by atoms with Crippen molar-refractivity contribution in [2.45, 2.75) is 19.0 Å². The lowest BCUT2D eigenvalue weighted by atomic mass is 10.2. The molecule has 1 aromatic heterocycles. The maximum Gasteiger partial charge on any atom is 0.152 e. The first kappa shape index (κ1) is 16.6. The molecule has 0 bridgehead atoms. The van der Waals surface area contributed by atoms with Crippen molar-refractivity contribution in [2.75, 3.05) is 28.8 Å². The van der Waals surface area contributed by atoms with Crippen molar-refractivity contribution >= 4 is 21.5 Å². The summed E-state index contributed by atoms with van der Waals surface area (Å²) in [5.41, 5.74) is 0.937. The van der Waals surface area contributed by atoms with E-state index in [0.29, 0.717) is 24.6 Å². The van der Waals surface area contributed by atoms with E-state index in [0.717, 1.165) is 5.56 Å². The molecule has 24 heavy (non-hydrogen) atoms. The fourth-order valence-corrected chi connectivity index (χ4v) is 4.47. The quantitative estimate of drug-likeness (QED) is 0.887. The molecule has 1 aromatic carbocycles. The molecule has 1 fully saturated rings. The predicted octanol–water partition coefficient (Wildman–Crippen LogP) is 1.85. The third kappa shape index (κ3) is 4.00. The number of nitrogens with one attached hydrogen (secondary N) is 1. The molecule has 8 heteroatoms. The van der Waals surface area contributed by atoms with Crippen LogP contribution in [0.4, 0.5) is 16.0 Å². The van der Waals surface area contributed by atoms with Crippen LogP contribution in [-0.2, 0) is 16.4 Å². The number of rotatable bonds is 5. The first-order chi connectivity index (χ1) is 11.4. The van der Waals surface area contributed by atoms with E-state index in [1.54, 1.807) is 18.2 Å². The number of benzene rings is 1. The van der Waals surface area contributed by atoms with Crippen molar-refractivity contribution in [1.82, 2.24) is 9.97 Å². The Kier molecular flexibility index (Phi) is 4.66. The van der Waals surface area contributed by atoms with Gasteiger partial charge in [-0.25, -0.2) is 22.8 Å². The van der Waals surface area contributed by atoms with Crippen LogP contribution in [0.15, 0.2) is 36.7 Å². The highest BCUT2D eigenvalue weighted by molar-refractivity contribution is 7.91. The van der Waals surface area contributed by atoms with E-state index in [-0.39, 0.29) is 23.4 Å². The average molecular weight is 350 g/mol. The van der Waals surface area contributed by atoms with E-state index >= 15 is 0 Å². The van der Waals surface area contributed by atoms with Crippen LogP contribution in [0.1, 0.15) is 12.0 Å². The Bertz CT molecular complexity index is 811. The molecule has 1 unspecified atom stereocenters. The van der Waals surface area contributed by atoms with Gasteiger partial charge in [-0.2, -0.15) is 0 Å². The SMILES string of the molecule is CN(c1cc(NCc2ccc(F)cc2)ncn1)C1CCS(=O)(=O)C1. The Morgan fingerprint density at radius 1 is 1.29 bits per heavy atom. The van der Waals surface area contributed by atoms with Crippen molar-refractivity contribution < 1.29 is 12.8 Å². The fraction of sp³-hybridized carbons (Fsp3) is 0.375. The van der Waals surface area contributed by atoms with Gasteiger partial charge in [-0.3, -0.25) is 0 Å². The van der Waals surface area contributed by atoms with E-state index in [1.165, 1.54) is 18.5 Å². The summed E-state index contributed by atoms with van der Waals surface area (Å²) < 4.78 is 36.2. The van der Waals surface area contributed by atoms with Crippen molar-refractivity contribution in [1.29, 1.82) is 0 Å². The number of hydrogen-bond donors (Lipinski definition) is 1. The molecule has 2 aromatic rings. The molecule has 128 valence electrons. The molecule has 3 rings (SSSR count). The van der Waals surface area contributed by atoms with Crippen LogP contribution in [0, 0.1) is 5.82 Å². The van der Waals surface area contributed by atoms with Gasteiger partial charge in [0.2, 0.25) is 0 Å². The van der Waals surface area contributed by atoms with Crippen LogP contribution in [0.2, 0.25) is 0 Å². The van der Waals surface area contributed by atoms with Gasteiger partial charge in [0.15, 0.2) is 9.84 Å². The van der Waals surface area contributed by atoms with E-state index in [1.807, 2.05) is 11.9 Å². The topological polar surface area (TPSA) is 75.2 Å². The van der Waals surface area contributed by atoms with Gasteiger partial charge in [-0.1, -0.05) is 12.1 Å². The van der Waals surface area contributed by atoms with Crippen molar-refractivity contribution in [2.24, 2.45) is 0 Å². The minimum absolute atomic E-state index is 0.0603. The van der Waals surface area contributed by atoms with E-state index in [2.05, 4.69) is 15.3 Å². The maximum absolute atomic E-state index is 12.9. The van der Waals surface area contributed by atoms with Crippen LogP contribution >= 0.6 is 0 Å². The van der Waals surface area contributed by atoms with Crippen molar-refractivity contribution in [3.63, 3.8) is 0 Å². The molecule has 0 saturated carbocycles. The number of aromatic nitrogens is 2. The van der Waals surface area contributed by atoms with Gasteiger partial charge in [0.25, 0.3) is 0 Å². The second-order valence-electron chi connectivity index (χ2n) is 5.91. The van der Waals surface area contributed by atoms with E-state index < -0.39 is 9.84 Å². The highest BCUT2D eigenvalue weighted by atomic mass is 32.2. The smallest absolute Gasteiger partial charge is 0.152 e. The predicted molar refractivity (Wildman–Crippen MR) is 91.2 cm³/mol. The molecule has 0 spiro atoms. The number of halogens is 1. The van der Waals surface area contributed by atoms with Gasteiger partial charge in [0.05, 0.1) is 11.5 Å². The Morgan fingerprint density at radius 2 is 2.04 bits per heavy atom. The largest absolute Gasteiger partial charge is 0.366 e. The molecule has 2 heterocycles. The van der Waals surface area contributed by atoms with Gasteiger partial charge in [0.1, 0.15) is 23.8 Å². The Labute approximate surface area is 140 Å². The molecule has 1 aliphatic rings. The van der Waals surface area contributed by atoms with Crippen LogP contribution in [-0.4, -0.2) is 43.0 Å². The van der Waals surface area contributed by atoms with Gasteiger partial charge >= 0.3 is 0 Å². The summed E-state index contributed by atoms with van der Waals surface area (Å²) in [5.74, 6) is 1.43. The zero-order chi connectivity index (χ0) is 17.2. The molecule has 0 radical (unpaired) electrons. The summed E-state index contributed by atoms with van der Waals surface area (Å²) in [7, 11) is -1.09. The number of sulfone groups is 1. The molecule has 1 aliphatic heterocycles. The lowest BCUT2D eigenvalue weighted by Crippen LogP contribution is -2.33. The summed E-state index contributed by atoms with van der Waals surface area (Å²) in [6, 6.07) is 7.97. The Balaban J connectivity index is 1.66. The molecule has 1 N–H and O–H groups in total. The molecular formula is C16H19FN4O2S. The number of anilines is 2. The standard InChI is InChI=1S/C16H19FN4O2S/c1-21(14-6-7-24(22,23)10-14)16-8-15(19-11-20-16)18-9-12-2-4-13(17)5-3-12/h2-5,8,11,14H,6-7,9-10H2,1H3,(H,18,19,20). The van der Waals surface area contributed by atoms with E-state index in [9.17, 15) is 12.8 Å². The summed E-state index contributed by atoms with van der Waals surface area (Å²) in [6.45, 7) is 0.512. The maximum atomic E-state index is 12.9. The fourth-order valence-electron chi connectivity index (χ4n) is 2.70. The van der Waals surface area contributed by atoms with Gasteiger partial charge < -0.3 is 10.2 Å². The second-order valence-corrected chi connectivity index (χ2v) is 8.14. The van der Waals surface area contributed by atoms with Crippen LogP contribution in [0.5, 0.6) is 0 Å². The normalized spacial score (nSPS) is 19.2. The minimum Gasteiger partial charge on any atom is -0.366 e. The van der Waals surface area contributed by atoms with Crippen molar-refractivity contribution in [3.05, 3.63) is 48.0 Å². The Hall–Kier alpha value is -2.22. The Morgan fingerprint density at radius 3 is 2.71 bits per heavy atom. The minimum atomic E-state index is -2.94. The molecule has 1 saturated heterocycles. The summed E-state index contributed by atoms with van der Waals surface area (Å²) in [6.07, 6.45) is 2.06. The zero-order valence-corrected chi connectivity index (χ0v) is 14.1. The average Bonchev–Trinajstić information content (AvgIpc) is 2.94. The van der Waals surface area contributed by atoms with Crippen LogP contribution in [0.25, 0.3) is 0 Å². The van der Waals surface area contributed by atoms with Gasteiger partial charge in [-0.15, -0.1) is 0 Å². The number of hydrogen-bond acceptors (Lipinski definition) is 6. The van der Waals surface area contributed by atoms with E-state index in [4.69, 9.17) is 0 Å². The first-order valence-corrected chi connectivity index (χ1v) is 9.49. The molecule has 0 amide bonds. The van der Waals surface area contributed by atoms with Crippen LogP contribution in [0.3, 0.4) is 0 Å². The molecular weight excluding hydrogens is 331 g/mol. The molecule has 6 nitrogen and oxygen atoms in total. The molecule has 1 atom stereocenters. The summed E-state index contributed by atoms with van der Waals surface area (Å²) >= 11 is 0. The summed E-state index contributed by atoms with van der Waals surface area (Å²) in [4.78, 5) is 10.3. The third-order valence-electron chi connectivity index (χ3n) is 4.16. The first-order valence-electron chi connectivity index (χ1n) is 7.66. The number of nitrogens with zero attached hydrogens (tertiary/aromatic N) is 3.